The van der Waals surface area contributed by atoms with Crippen LogP contribution in [-0.4, -0.2) is 16.9 Å². The van der Waals surface area contributed by atoms with E-state index >= 15 is 0 Å². The molecule has 22 heavy (non-hydrogen) atoms. The zero-order valence-electron chi connectivity index (χ0n) is 13.9. The third-order valence-electron chi connectivity index (χ3n) is 8.37. The number of Topliss-reactive ketones (excluding diaryl/α,β-unsaturated/α-hetero) is 1. The molecule has 0 radical (unpaired) electrons. The Morgan fingerprint density at radius 3 is 2.59 bits per heavy atom. The van der Waals surface area contributed by atoms with Gasteiger partial charge in [-0.3, -0.25) is 9.59 Å². The molecule has 0 aromatic carbocycles. The van der Waals surface area contributed by atoms with Gasteiger partial charge in [-0.2, -0.15) is 0 Å². The lowest BCUT2D eigenvalue weighted by molar-refractivity contribution is -0.181. The lowest BCUT2D eigenvalue weighted by Crippen LogP contribution is -2.58. The van der Waals surface area contributed by atoms with E-state index in [1.165, 1.54) is 0 Å². The van der Waals surface area contributed by atoms with Crippen molar-refractivity contribution in [1.29, 1.82) is 0 Å². The molecule has 1 N–H and O–H groups in total. The Kier molecular flexibility index (Phi) is 2.92. The molecule has 3 nitrogen and oxygen atoms in total. The minimum Gasteiger partial charge on any atom is -0.481 e. The molecular formula is C19H28O3. The molecule has 4 rings (SSSR count). The maximum Gasteiger partial charge on any atom is 0.309 e. The highest BCUT2D eigenvalue weighted by molar-refractivity contribution is 5.84. The van der Waals surface area contributed by atoms with Crippen molar-refractivity contribution in [3.8, 4) is 0 Å². The monoisotopic (exact) mass is 304 g/mol. The minimum absolute atomic E-state index is 0.124. The van der Waals surface area contributed by atoms with Crippen LogP contribution in [0, 0.1) is 34.0 Å². The smallest absolute Gasteiger partial charge is 0.309 e. The van der Waals surface area contributed by atoms with Gasteiger partial charge in [-0.1, -0.05) is 13.3 Å². The van der Waals surface area contributed by atoms with Crippen molar-refractivity contribution in [2.75, 3.05) is 0 Å². The van der Waals surface area contributed by atoms with E-state index in [1.54, 1.807) is 0 Å². The number of hydrogen-bond donors (Lipinski definition) is 1. The summed E-state index contributed by atoms with van der Waals surface area (Å²) >= 11 is 0. The molecule has 4 aliphatic carbocycles. The van der Waals surface area contributed by atoms with E-state index in [0.29, 0.717) is 17.6 Å². The second kappa shape index (κ2) is 4.36. The summed E-state index contributed by atoms with van der Waals surface area (Å²) in [6.45, 7) is 4.35. The van der Waals surface area contributed by atoms with Crippen molar-refractivity contribution < 1.29 is 14.7 Å². The van der Waals surface area contributed by atoms with Crippen LogP contribution in [0.2, 0.25) is 0 Å². The fourth-order valence-corrected chi connectivity index (χ4v) is 7.43. The average molecular weight is 304 g/mol. The topological polar surface area (TPSA) is 54.4 Å². The Morgan fingerprint density at radius 2 is 1.86 bits per heavy atom. The summed E-state index contributed by atoms with van der Waals surface area (Å²) in [5, 5.41) is 9.86. The Hall–Kier alpha value is -0.860. The fraction of sp³-hybridized carbons (Fsp3) is 0.895. The highest BCUT2D eigenvalue weighted by atomic mass is 16.4. The molecule has 0 aromatic rings. The van der Waals surface area contributed by atoms with Gasteiger partial charge in [0, 0.05) is 12.3 Å². The quantitative estimate of drug-likeness (QED) is 0.795. The van der Waals surface area contributed by atoms with Gasteiger partial charge >= 0.3 is 5.97 Å². The van der Waals surface area contributed by atoms with Crippen molar-refractivity contribution in [3.63, 3.8) is 0 Å². The van der Waals surface area contributed by atoms with Crippen LogP contribution in [-0.2, 0) is 9.59 Å². The van der Waals surface area contributed by atoms with Crippen LogP contribution < -0.4 is 0 Å². The van der Waals surface area contributed by atoms with Crippen LogP contribution in [0.1, 0.15) is 71.6 Å². The SMILES string of the molecule is C[C@]12CCC[C@](C)(C(=O)O)[C@H]1CC[C@]13CC(=O)[C@@H](CC[C@@H]12)C3. The van der Waals surface area contributed by atoms with Crippen LogP contribution in [0.25, 0.3) is 0 Å². The number of rotatable bonds is 1. The number of carboxylic acids is 1. The predicted octanol–water partition coefficient (Wildman–Crippen LogP) is 4.05. The highest BCUT2D eigenvalue weighted by Gasteiger charge is 2.65. The van der Waals surface area contributed by atoms with Crippen LogP contribution in [0.5, 0.6) is 0 Å². The summed E-state index contributed by atoms with van der Waals surface area (Å²) in [5.41, 5.74) is -0.213. The molecule has 6 atom stereocenters. The third kappa shape index (κ3) is 1.63. The number of carbonyl (C=O) groups is 2. The standard InChI is InChI=1S/C19H28O3/c1-17-7-3-8-18(2,16(21)22)14(17)6-9-19-10-12(13(20)11-19)4-5-15(17)19/h12,14-15H,3-11H2,1-2H3,(H,21,22)/t12-,14-,15+,17-,18-,19-/m0/s1. The van der Waals surface area contributed by atoms with Gasteiger partial charge in [-0.25, -0.2) is 0 Å². The Balaban J connectivity index is 1.75. The van der Waals surface area contributed by atoms with Gasteiger partial charge in [0.25, 0.3) is 0 Å². The Morgan fingerprint density at radius 1 is 1.09 bits per heavy atom. The van der Waals surface area contributed by atoms with Gasteiger partial charge in [-0.15, -0.1) is 0 Å². The zero-order chi connectivity index (χ0) is 15.8. The van der Waals surface area contributed by atoms with Crippen molar-refractivity contribution >= 4 is 11.8 Å². The summed E-state index contributed by atoms with van der Waals surface area (Å²) < 4.78 is 0. The van der Waals surface area contributed by atoms with Gasteiger partial charge in [-0.05, 0) is 74.5 Å². The first-order valence-electron chi connectivity index (χ1n) is 9.08. The first-order chi connectivity index (χ1) is 10.3. The first kappa shape index (κ1) is 14.7. The Bertz CT molecular complexity index is 541. The van der Waals surface area contributed by atoms with Crippen LogP contribution in [0.15, 0.2) is 0 Å². The van der Waals surface area contributed by atoms with E-state index in [1.807, 2.05) is 6.92 Å². The van der Waals surface area contributed by atoms with E-state index in [0.717, 1.165) is 57.8 Å². The van der Waals surface area contributed by atoms with Gasteiger partial charge < -0.3 is 5.11 Å². The normalized spacial score (nSPS) is 53.7. The van der Waals surface area contributed by atoms with Gasteiger partial charge in [0.2, 0.25) is 0 Å². The number of carbonyl (C=O) groups excluding carboxylic acids is 1. The fourth-order valence-electron chi connectivity index (χ4n) is 7.43. The minimum atomic E-state index is -0.601. The number of hydrogen-bond acceptors (Lipinski definition) is 2. The van der Waals surface area contributed by atoms with Gasteiger partial charge in [0.15, 0.2) is 0 Å². The maximum absolute atomic E-state index is 12.3. The zero-order valence-corrected chi connectivity index (χ0v) is 13.9. The number of ketones is 1. The molecule has 122 valence electrons. The number of carboxylic acid groups (broad SMARTS) is 1. The molecule has 0 heterocycles. The largest absolute Gasteiger partial charge is 0.481 e. The lowest BCUT2D eigenvalue weighted by atomic mass is 9.41. The second-order valence-electron chi connectivity index (χ2n) is 9.21. The van der Waals surface area contributed by atoms with E-state index in [2.05, 4.69) is 6.92 Å². The Labute approximate surface area is 132 Å². The number of aliphatic carboxylic acids is 1. The van der Waals surface area contributed by atoms with Gasteiger partial charge in [0.1, 0.15) is 5.78 Å². The second-order valence-corrected chi connectivity index (χ2v) is 9.21. The predicted molar refractivity (Wildman–Crippen MR) is 83.3 cm³/mol. The molecule has 3 heteroatoms. The lowest BCUT2D eigenvalue weighted by Gasteiger charge is -2.63. The average Bonchev–Trinajstić information content (AvgIpc) is 2.68. The number of fused-ring (bicyclic) bond motifs is 3. The molecule has 0 aromatic heterocycles. The van der Waals surface area contributed by atoms with E-state index < -0.39 is 11.4 Å². The molecule has 1 spiro atoms. The van der Waals surface area contributed by atoms with Crippen molar-refractivity contribution in [2.45, 2.75) is 71.6 Å². The summed E-state index contributed by atoms with van der Waals surface area (Å²) in [4.78, 5) is 24.3. The summed E-state index contributed by atoms with van der Waals surface area (Å²) in [6, 6.07) is 0. The first-order valence-corrected chi connectivity index (χ1v) is 9.08. The third-order valence-corrected chi connectivity index (χ3v) is 8.37. The molecule has 4 saturated carbocycles. The van der Waals surface area contributed by atoms with E-state index in [4.69, 9.17) is 0 Å². The molecule has 2 bridgehead atoms. The van der Waals surface area contributed by atoms with E-state index in [9.17, 15) is 14.7 Å². The molecule has 0 amide bonds. The van der Waals surface area contributed by atoms with Crippen LogP contribution in [0.3, 0.4) is 0 Å². The summed E-state index contributed by atoms with van der Waals surface area (Å²) in [6.07, 6.45) is 9.20. The molecule has 0 saturated heterocycles. The molecular weight excluding hydrogens is 276 g/mol. The van der Waals surface area contributed by atoms with Gasteiger partial charge in [0.05, 0.1) is 5.41 Å². The highest BCUT2D eigenvalue weighted by Crippen LogP contribution is 2.70. The van der Waals surface area contributed by atoms with Crippen LogP contribution >= 0.6 is 0 Å². The molecule has 4 fully saturated rings. The summed E-state index contributed by atoms with van der Waals surface area (Å²) in [7, 11) is 0. The van der Waals surface area contributed by atoms with Crippen molar-refractivity contribution in [3.05, 3.63) is 0 Å². The van der Waals surface area contributed by atoms with Crippen molar-refractivity contribution in [1.82, 2.24) is 0 Å². The van der Waals surface area contributed by atoms with Crippen LogP contribution in [0.4, 0.5) is 0 Å². The van der Waals surface area contributed by atoms with E-state index in [-0.39, 0.29) is 16.7 Å². The molecule has 0 unspecified atom stereocenters. The van der Waals surface area contributed by atoms with Crippen molar-refractivity contribution in [2.24, 2.45) is 34.0 Å². The molecule has 4 aliphatic rings. The maximum atomic E-state index is 12.3. The molecule has 0 aliphatic heterocycles. The summed E-state index contributed by atoms with van der Waals surface area (Å²) in [5.74, 6) is 1.08.